The molecule has 0 aromatic heterocycles. The maximum Gasteiger partial charge on any atom is 1.00 e. The average molecular weight is 699 g/mol. The molecule has 0 aliphatic rings. The van der Waals surface area contributed by atoms with E-state index >= 15 is 0 Å². The number of carbonyl (C=O) groups excluding carboxylic acids is 1. The molecular weight excluding hydrogens is 677 g/mol. The third kappa shape index (κ3) is 10.8. The predicted octanol–water partition coefficient (Wildman–Crippen LogP) is -5.62. The van der Waals surface area contributed by atoms with Gasteiger partial charge in [-0.15, -0.1) is 0 Å². The average Bonchev–Trinajstić information content (AvgIpc) is 2.82. The molecule has 14 nitrogen and oxygen atoms in total. The number of unbranched alkanes of at least 4 members (excludes halogenated alkanes) is 4. The third-order valence-electron chi connectivity index (χ3n) is 6.03. The van der Waals surface area contributed by atoms with E-state index in [-0.39, 0.29) is 133 Å². The summed E-state index contributed by atoms with van der Waals surface area (Å²) in [4.78, 5) is 12.6. The van der Waals surface area contributed by atoms with E-state index in [0.717, 1.165) is 31.7 Å². The molecule has 44 heavy (non-hydrogen) atoms. The molecule has 4 rings (SSSR count). The SMILES string of the molecule is CCCCCCCC(=O)Oc1cc(OS(=O)(=O)[O-])c2ccc3c(OS(=O)(=O)[O-])cc(OS(=O)(=O)[O-])c4ccc1c2c43.[Na+].[Na+].[Na+]. The normalized spacial score (nSPS) is 11.8. The van der Waals surface area contributed by atoms with Gasteiger partial charge in [0.15, 0.2) is 17.2 Å². The number of hydrogen-bond donors (Lipinski definition) is 0. The van der Waals surface area contributed by atoms with Crippen molar-refractivity contribution in [3.05, 3.63) is 36.4 Å². The smallest absolute Gasteiger partial charge is 0.716 e. The Hall–Kier alpha value is -0.480. The van der Waals surface area contributed by atoms with Crippen LogP contribution in [0.1, 0.15) is 45.4 Å². The van der Waals surface area contributed by atoms with Crippen LogP contribution in [0.3, 0.4) is 0 Å². The maximum atomic E-state index is 12.6. The van der Waals surface area contributed by atoms with Crippen LogP contribution in [0.25, 0.3) is 32.3 Å². The first-order valence-corrected chi connectivity index (χ1v) is 16.0. The molecule has 0 saturated carbocycles. The molecule has 0 aliphatic carbocycles. The summed E-state index contributed by atoms with van der Waals surface area (Å²) in [5.41, 5.74) is 0. The Morgan fingerprint density at radius 2 is 0.932 bits per heavy atom. The van der Waals surface area contributed by atoms with E-state index in [1.54, 1.807) is 0 Å². The third-order valence-corrected chi connectivity index (χ3v) is 7.18. The molecule has 20 heteroatoms. The molecule has 0 N–H and O–H groups in total. The summed E-state index contributed by atoms with van der Waals surface area (Å²) >= 11 is 0. The molecule has 0 amide bonds. The second-order valence-electron chi connectivity index (χ2n) is 8.93. The number of benzene rings is 4. The van der Waals surface area contributed by atoms with Crippen molar-refractivity contribution >= 4 is 69.5 Å². The zero-order valence-corrected chi connectivity index (χ0v) is 32.6. The summed E-state index contributed by atoms with van der Waals surface area (Å²) in [6, 6.07) is 6.67. The predicted molar refractivity (Wildman–Crippen MR) is 140 cm³/mol. The van der Waals surface area contributed by atoms with Crippen molar-refractivity contribution < 1.29 is 150 Å². The van der Waals surface area contributed by atoms with Gasteiger partial charge >= 0.3 is 94.6 Å². The molecular formula is C24H21Na3O14S3. The number of rotatable bonds is 13. The van der Waals surface area contributed by atoms with Gasteiger partial charge in [-0.1, -0.05) is 32.6 Å². The minimum absolute atomic E-state index is 0. The van der Waals surface area contributed by atoms with Gasteiger partial charge in [0, 0.05) is 50.9 Å². The fourth-order valence-electron chi connectivity index (χ4n) is 4.53. The van der Waals surface area contributed by atoms with Gasteiger partial charge in [0.25, 0.3) is 31.2 Å². The fraction of sp³-hybridized carbons (Fsp3) is 0.292. The summed E-state index contributed by atoms with van der Waals surface area (Å²) in [5, 5.41) is -0.313. The van der Waals surface area contributed by atoms with Gasteiger partial charge < -0.3 is 30.9 Å². The van der Waals surface area contributed by atoms with Crippen molar-refractivity contribution in [3.8, 4) is 23.0 Å². The van der Waals surface area contributed by atoms with Crippen molar-refractivity contribution in [1.82, 2.24) is 0 Å². The standard InChI is InChI=1S/C24H24O14S3.3Na/c1-2-3-4-5-6-7-22(25)35-18-12-19(36-39(26,27)28)15-10-11-17-21(38-41(32,33)34)13-20(37-40(29,30)31)16-9-8-14(18)23(15)24(16)17;;;/h8-13H,2-7H2,1H3,(H,26,27,28)(H,29,30,31)(H,32,33,34);;;/q;3*+1/p-3. The van der Waals surface area contributed by atoms with Crippen molar-refractivity contribution in [2.45, 2.75) is 45.4 Å². The molecule has 0 saturated heterocycles. The molecule has 4 aromatic rings. The first-order valence-electron chi connectivity index (χ1n) is 12.0. The van der Waals surface area contributed by atoms with Gasteiger partial charge in [-0.25, -0.2) is 25.3 Å². The van der Waals surface area contributed by atoms with E-state index in [9.17, 15) is 43.7 Å². The quantitative estimate of drug-likeness (QED) is 0.0241. The first-order chi connectivity index (χ1) is 19.1. The number of esters is 1. The largest absolute Gasteiger partial charge is 1.00 e. The first kappa shape index (κ1) is 41.5. The second kappa shape index (κ2) is 16.6. The van der Waals surface area contributed by atoms with E-state index in [4.69, 9.17) is 4.74 Å². The summed E-state index contributed by atoms with van der Waals surface area (Å²) < 4.78 is 122. The minimum Gasteiger partial charge on any atom is -0.716 e. The van der Waals surface area contributed by atoms with E-state index in [1.807, 2.05) is 6.92 Å². The topological polar surface area (TPSA) is 226 Å². The monoisotopic (exact) mass is 698 g/mol. The van der Waals surface area contributed by atoms with Crippen LogP contribution < -0.4 is 106 Å². The summed E-state index contributed by atoms with van der Waals surface area (Å²) in [5.74, 6) is -2.96. The van der Waals surface area contributed by atoms with Gasteiger partial charge in [0.1, 0.15) is 5.75 Å². The Labute approximate surface area is 320 Å². The van der Waals surface area contributed by atoms with E-state index in [2.05, 4.69) is 12.5 Å². The van der Waals surface area contributed by atoms with Gasteiger partial charge in [-0.2, -0.15) is 0 Å². The van der Waals surface area contributed by atoms with E-state index in [1.165, 1.54) is 24.3 Å². The molecule has 0 atom stereocenters. The molecule has 0 heterocycles. The van der Waals surface area contributed by atoms with Gasteiger partial charge in [0.05, 0.1) is 0 Å². The number of ether oxygens (including phenoxy) is 1. The Morgan fingerprint density at radius 3 is 1.30 bits per heavy atom. The van der Waals surface area contributed by atoms with Crippen LogP contribution in [0, 0.1) is 0 Å². The zero-order valence-electron chi connectivity index (χ0n) is 24.1. The van der Waals surface area contributed by atoms with Crippen molar-refractivity contribution in [1.29, 1.82) is 0 Å². The van der Waals surface area contributed by atoms with Crippen LogP contribution in [0.2, 0.25) is 0 Å². The van der Waals surface area contributed by atoms with Crippen LogP contribution in [0.4, 0.5) is 0 Å². The van der Waals surface area contributed by atoms with E-state index < -0.39 is 54.4 Å². The molecule has 0 spiro atoms. The number of carbonyl (C=O) groups is 1. The Bertz CT molecular complexity index is 1910. The van der Waals surface area contributed by atoms with E-state index in [0.29, 0.717) is 12.5 Å². The summed E-state index contributed by atoms with van der Waals surface area (Å²) in [6.07, 6.45) is 4.20. The summed E-state index contributed by atoms with van der Waals surface area (Å²) in [7, 11) is -16.2. The molecule has 222 valence electrons. The van der Waals surface area contributed by atoms with Crippen LogP contribution in [0.15, 0.2) is 36.4 Å². The van der Waals surface area contributed by atoms with Gasteiger partial charge in [0.2, 0.25) is 0 Å². The minimum atomic E-state index is -5.42. The fourth-order valence-corrected chi connectivity index (χ4v) is 5.61. The molecule has 0 aliphatic heterocycles. The molecule has 0 radical (unpaired) electrons. The maximum absolute atomic E-state index is 12.6. The Balaban J connectivity index is 0.00000323. The van der Waals surface area contributed by atoms with Crippen molar-refractivity contribution in [3.63, 3.8) is 0 Å². The Morgan fingerprint density at radius 1 is 0.591 bits per heavy atom. The van der Waals surface area contributed by atoms with Gasteiger partial charge in [-0.05, 0) is 30.7 Å². The molecule has 4 aromatic carbocycles. The molecule has 0 fully saturated rings. The molecule has 0 bridgehead atoms. The second-order valence-corrected chi connectivity index (χ2v) is 11.9. The van der Waals surface area contributed by atoms with Crippen LogP contribution in [-0.4, -0.2) is 44.9 Å². The Kier molecular flexibility index (Phi) is 15.6. The van der Waals surface area contributed by atoms with Crippen LogP contribution in [0.5, 0.6) is 23.0 Å². The van der Waals surface area contributed by atoms with Crippen LogP contribution in [-0.2, 0) is 36.0 Å². The van der Waals surface area contributed by atoms with Crippen molar-refractivity contribution in [2.24, 2.45) is 0 Å². The molecule has 0 unspecified atom stereocenters. The number of hydrogen-bond acceptors (Lipinski definition) is 14. The van der Waals surface area contributed by atoms with Crippen molar-refractivity contribution in [2.75, 3.05) is 0 Å². The van der Waals surface area contributed by atoms with Gasteiger partial charge in [-0.3, -0.25) is 4.79 Å². The summed E-state index contributed by atoms with van der Waals surface area (Å²) in [6.45, 7) is 2.04. The van der Waals surface area contributed by atoms with Crippen LogP contribution >= 0.6 is 0 Å². The zero-order chi connectivity index (χ0) is 30.2.